The molecule has 1 aliphatic carbocycles. The fraction of sp³-hybridized carbons (Fsp3) is 0.292. The van der Waals surface area contributed by atoms with E-state index >= 15 is 0 Å². The van der Waals surface area contributed by atoms with Crippen LogP contribution >= 0.6 is 0 Å². The number of urea groups is 1. The molecule has 0 spiro atoms. The first kappa shape index (κ1) is 21.3. The summed E-state index contributed by atoms with van der Waals surface area (Å²) in [6, 6.07) is 8.57. The third kappa shape index (κ3) is 3.98. The van der Waals surface area contributed by atoms with Crippen molar-refractivity contribution in [2.24, 2.45) is 0 Å². The minimum absolute atomic E-state index is 0.0641. The lowest BCUT2D eigenvalue weighted by Crippen LogP contribution is -2.53. The zero-order valence-electron chi connectivity index (χ0n) is 18.9. The molecular weight excluding hydrogens is 453 g/mol. The number of benzene rings is 1. The lowest BCUT2D eigenvalue weighted by molar-refractivity contribution is 0.102. The Morgan fingerprint density at radius 2 is 2.03 bits per heavy atom. The Hall–Kier alpha value is -4.28. The van der Waals surface area contributed by atoms with Gasteiger partial charge >= 0.3 is 6.03 Å². The van der Waals surface area contributed by atoms with E-state index in [0.717, 1.165) is 12.8 Å². The predicted octanol–water partition coefficient (Wildman–Crippen LogP) is 3.36. The number of halogens is 1. The number of hydrogen-bond donors (Lipinski definition) is 2. The zero-order chi connectivity index (χ0) is 24.1. The molecule has 0 radical (unpaired) electrons. The standard InChI is InChI=1S/C24H22FN7O3/c1-13-17(25)8-14(9-18(13)28-22(33)19-10-26-20-4-2-3-7-32(19)20)21-29-23(35-30-21)15-11-31(12-15)24(34)27-16-5-6-16/h2-4,7-10,15-16H,5-6,11-12H2,1H3,(H,27,34)(H,28,33). The smallest absolute Gasteiger partial charge is 0.317 e. The van der Waals surface area contributed by atoms with Gasteiger partial charge in [0, 0.05) is 42.1 Å². The third-order valence-electron chi connectivity index (χ3n) is 6.37. The van der Waals surface area contributed by atoms with Crippen molar-refractivity contribution in [2.45, 2.75) is 31.7 Å². The van der Waals surface area contributed by atoms with Crippen molar-refractivity contribution in [3.8, 4) is 11.4 Å². The second kappa shape index (κ2) is 8.19. The molecule has 6 rings (SSSR count). The zero-order valence-corrected chi connectivity index (χ0v) is 18.9. The molecule has 0 bridgehead atoms. The van der Waals surface area contributed by atoms with Gasteiger partial charge in [0.25, 0.3) is 5.91 Å². The third-order valence-corrected chi connectivity index (χ3v) is 6.37. The average Bonchev–Trinajstić information content (AvgIpc) is 3.31. The van der Waals surface area contributed by atoms with Crippen molar-refractivity contribution in [1.29, 1.82) is 0 Å². The van der Waals surface area contributed by atoms with Gasteiger partial charge in [-0.15, -0.1) is 0 Å². The first-order valence-corrected chi connectivity index (χ1v) is 11.4. The summed E-state index contributed by atoms with van der Waals surface area (Å²) in [6.07, 6.45) is 5.27. The Morgan fingerprint density at radius 1 is 1.20 bits per heavy atom. The fourth-order valence-corrected chi connectivity index (χ4v) is 4.04. The first-order chi connectivity index (χ1) is 17.0. The normalized spacial score (nSPS) is 15.8. The Bertz CT molecular complexity index is 1450. The van der Waals surface area contributed by atoms with E-state index in [0.29, 0.717) is 47.6 Å². The molecule has 35 heavy (non-hydrogen) atoms. The number of rotatable bonds is 5. The number of hydrogen-bond acceptors (Lipinski definition) is 6. The molecule has 4 aromatic rings. The minimum atomic E-state index is -0.506. The number of carbonyl (C=O) groups excluding carboxylic acids is 2. The van der Waals surface area contributed by atoms with Crippen LogP contribution in [-0.4, -0.2) is 55.5 Å². The van der Waals surface area contributed by atoms with E-state index in [1.54, 1.807) is 40.6 Å². The molecule has 0 atom stereocenters. The second-order valence-corrected chi connectivity index (χ2v) is 8.94. The number of carbonyl (C=O) groups is 2. The second-order valence-electron chi connectivity index (χ2n) is 8.94. The molecule has 3 aromatic heterocycles. The molecule has 1 aliphatic heterocycles. The average molecular weight is 475 g/mol. The summed E-state index contributed by atoms with van der Waals surface area (Å²) < 4.78 is 21.8. The van der Waals surface area contributed by atoms with Gasteiger partial charge in [-0.2, -0.15) is 4.98 Å². The number of nitrogens with one attached hydrogen (secondary N) is 2. The van der Waals surface area contributed by atoms with E-state index in [-0.39, 0.29) is 23.3 Å². The molecule has 2 N–H and O–H groups in total. The molecule has 2 fully saturated rings. The Kier molecular flexibility index (Phi) is 4.97. The maximum Gasteiger partial charge on any atom is 0.317 e. The van der Waals surface area contributed by atoms with Crippen LogP contribution in [0.3, 0.4) is 0 Å². The molecule has 1 saturated heterocycles. The highest BCUT2D eigenvalue weighted by Crippen LogP contribution is 2.31. The van der Waals surface area contributed by atoms with Gasteiger partial charge in [0.15, 0.2) is 0 Å². The fourth-order valence-electron chi connectivity index (χ4n) is 4.04. The summed E-state index contributed by atoms with van der Waals surface area (Å²) in [4.78, 5) is 35.4. The van der Waals surface area contributed by atoms with Crippen molar-refractivity contribution >= 4 is 23.3 Å². The van der Waals surface area contributed by atoms with E-state index in [1.165, 1.54) is 12.3 Å². The molecule has 4 heterocycles. The van der Waals surface area contributed by atoms with Crippen molar-refractivity contribution in [3.63, 3.8) is 0 Å². The lowest BCUT2D eigenvalue weighted by atomic mass is 10.0. The van der Waals surface area contributed by atoms with Gasteiger partial charge in [-0.3, -0.25) is 9.20 Å². The van der Waals surface area contributed by atoms with Gasteiger partial charge in [0.1, 0.15) is 17.2 Å². The van der Waals surface area contributed by atoms with Crippen LogP contribution in [0.5, 0.6) is 0 Å². The number of likely N-dealkylation sites (tertiary alicyclic amines) is 1. The van der Waals surface area contributed by atoms with Crippen LogP contribution in [0.15, 0.2) is 47.2 Å². The summed E-state index contributed by atoms with van der Waals surface area (Å²) >= 11 is 0. The summed E-state index contributed by atoms with van der Waals surface area (Å²) in [5.74, 6) is -0.381. The van der Waals surface area contributed by atoms with E-state index in [2.05, 4.69) is 25.8 Å². The summed E-state index contributed by atoms with van der Waals surface area (Å²) in [5.41, 5.74) is 1.92. The molecule has 3 amide bonds. The molecule has 178 valence electrons. The Morgan fingerprint density at radius 3 is 2.83 bits per heavy atom. The topological polar surface area (TPSA) is 118 Å². The SMILES string of the molecule is Cc1c(F)cc(-c2noc(C3CN(C(=O)NC4CC4)C3)n2)cc1NC(=O)c1cnc2ccccn12. The van der Waals surface area contributed by atoms with Crippen LogP contribution < -0.4 is 10.6 Å². The largest absolute Gasteiger partial charge is 0.339 e. The van der Waals surface area contributed by atoms with Crippen molar-refractivity contribution in [2.75, 3.05) is 18.4 Å². The molecule has 1 saturated carbocycles. The Labute approximate surface area is 199 Å². The number of amides is 3. The Balaban J connectivity index is 1.19. The summed E-state index contributed by atoms with van der Waals surface area (Å²) in [6.45, 7) is 2.56. The molecule has 10 nitrogen and oxygen atoms in total. The quantitative estimate of drug-likeness (QED) is 0.457. The van der Waals surface area contributed by atoms with Gasteiger partial charge < -0.3 is 20.1 Å². The number of aromatic nitrogens is 4. The van der Waals surface area contributed by atoms with Crippen molar-refractivity contribution < 1.29 is 18.5 Å². The number of anilines is 1. The molecule has 2 aliphatic rings. The molecule has 0 unspecified atom stereocenters. The summed E-state index contributed by atoms with van der Waals surface area (Å²) in [7, 11) is 0. The minimum Gasteiger partial charge on any atom is -0.339 e. The van der Waals surface area contributed by atoms with Crippen LogP contribution in [0, 0.1) is 12.7 Å². The number of nitrogens with zero attached hydrogens (tertiary/aromatic N) is 5. The lowest BCUT2D eigenvalue weighted by Gasteiger charge is -2.36. The highest BCUT2D eigenvalue weighted by molar-refractivity contribution is 6.04. The number of imidazole rings is 1. The van der Waals surface area contributed by atoms with E-state index in [4.69, 9.17) is 4.52 Å². The van der Waals surface area contributed by atoms with Gasteiger partial charge in [0.2, 0.25) is 11.7 Å². The number of fused-ring (bicyclic) bond motifs is 1. The van der Waals surface area contributed by atoms with Crippen LogP contribution in [0.25, 0.3) is 17.0 Å². The summed E-state index contributed by atoms with van der Waals surface area (Å²) in [5, 5.41) is 9.72. The highest BCUT2D eigenvalue weighted by Gasteiger charge is 2.37. The van der Waals surface area contributed by atoms with E-state index in [1.807, 2.05) is 6.07 Å². The predicted molar refractivity (Wildman–Crippen MR) is 123 cm³/mol. The number of pyridine rings is 1. The van der Waals surface area contributed by atoms with Crippen LogP contribution in [0.1, 0.15) is 40.7 Å². The van der Waals surface area contributed by atoms with E-state index in [9.17, 15) is 14.0 Å². The van der Waals surface area contributed by atoms with Gasteiger partial charge in [-0.1, -0.05) is 11.2 Å². The maximum atomic E-state index is 14.8. The van der Waals surface area contributed by atoms with Gasteiger partial charge in [0.05, 0.1) is 12.1 Å². The first-order valence-electron chi connectivity index (χ1n) is 11.4. The van der Waals surface area contributed by atoms with Crippen molar-refractivity contribution in [1.82, 2.24) is 29.7 Å². The van der Waals surface area contributed by atoms with Crippen LogP contribution in [-0.2, 0) is 0 Å². The van der Waals surface area contributed by atoms with Gasteiger partial charge in [-0.05, 0) is 44.0 Å². The molecular formula is C24H22FN7O3. The highest BCUT2D eigenvalue weighted by atomic mass is 19.1. The van der Waals surface area contributed by atoms with E-state index < -0.39 is 11.7 Å². The van der Waals surface area contributed by atoms with Gasteiger partial charge in [-0.25, -0.2) is 14.2 Å². The molecule has 11 heteroatoms. The van der Waals surface area contributed by atoms with Crippen molar-refractivity contribution in [3.05, 3.63) is 65.7 Å². The van der Waals surface area contributed by atoms with Crippen LogP contribution in [0.2, 0.25) is 0 Å². The monoisotopic (exact) mass is 475 g/mol. The van der Waals surface area contributed by atoms with Crippen LogP contribution in [0.4, 0.5) is 14.9 Å². The molecule has 1 aromatic carbocycles. The maximum absolute atomic E-state index is 14.8.